The molecule has 0 aliphatic carbocycles. The molecule has 1 fully saturated rings. The van der Waals surface area contributed by atoms with Crippen molar-refractivity contribution in [3.63, 3.8) is 0 Å². The van der Waals surface area contributed by atoms with Crippen LogP contribution in [0.2, 0.25) is 0 Å². The molecular weight excluding hydrogens is 726 g/mol. The molecule has 2 aromatic heterocycles. The predicted octanol–water partition coefficient (Wildman–Crippen LogP) is 6.49. The van der Waals surface area contributed by atoms with Crippen molar-refractivity contribution in [3.8, 4) is 5.88 Å². The Morgan fingerprint density at radius 2 is 1.46 bits per heavy atom. The Labute approximate surface area is 324 Å². The molecule has 3 N–H and O–H groups in total. The normalized spacial score (nSPS) is 14.6. The fourth-order valence-corrected chi connectivity index (χ4v) is 7.43. The molecule has 2 amide bonds. The summed E-state index contributed by atoms with van der Waals surface area (Å²) in [5.41, 5.74) is 6.05. The lowest BCUT2D eigenvalue weighted by molar-refractivity contribution is 0.0532. The van der Waals surface area contributed by atoms with Crippen molar-refractivity contribution in [1.29, 1.82) is 0 Å². The Balaban J connectivity index is 0.830. The Kier molecular flexibility index (Phi) is 9.09. The van der Waals surface area contributed by atoms with Crippen LogP contribution in [0.25, 0.3) is 21.7 Å². The molecule has 2 aliphatic heterocycles. The van der Waals surface area contributed by atoms with Gasteiger partial charge in [0.2, 0.25) is 0 Å². The standard InChI is InChI=1S/C44H34FN7O5/c45-34-18-15-27(24-37-29-7-1-2-8-30(29)41(53)49-48-37)23-33(34)44(56)52-21-19-51(20-22-52)43(55)28-16-13-26(14-17-28)25-57-50-39-32-10-4-6-12-36(32)46-40(39)38-31-9-3-5-11-35(31)47-42(38)54/h1-18,23,47,54H,19-22,24-25H2,(H,49,53)/b50-39+. The molecule has 282 valence electrons. The second-order valence-corrected chi connectivity index (χ2v) is 13.9. The van der Waals surface area contributed by atoms with E-state index in [4.69, 9.17) is 9.83 Å². The summed E-state index contributed by atoms with van der Waals surface area (Å²) in [6, 6.07) is 33.7. The number of aromatic nitrogens is 3. The second-order valence-electron chi connectivity index (χ2n) is 13.9. The molecule has 4 heterocycles. The highest BCUT2D eigenvalue weighted by Gasteiger charge is 2.30. The third kappa shape index (κ3) is 6.69. The molecule has 7 aromatic rings. The second kappa shape index (κ2) is 14.7. The van der Waals surface area contributed by atoms with Gasteiger partial charge in [0.25, 0.3) is 17.4 Å². The van der Waals surface area contributed by atoms with Gasteiger partial charge >= 0.3 is 0 Å². The van der Waals surface area contributed by atoms with Crippen LogP contribution in [-0.2, 0) is 17.9 Å². The number of carbonyl (C=O) groups excluding carboxylic acids is 2. The maximum absolute atomic E-state index is 15.0. The van der Waals surface area contributed by atoms with E-state index in [9.17, 15) is 19.5 Å². The Morgan fingerprint density at radius 3 is 2.25 bits per heavy atom. The van der Waals surface area contributed by atoms with Gasteiger partial charge in [-0.1, -0.05) is 78.0 Å². The molecule has 5 aromatic carbocycles. The monoisotopic (exact) mass is 759 g/mol. The molecule has 0 radical (unpaired) electrons. The maximum atomic E-state index is 15.0. The van der Waals surface area contributed by atoms with E-state index in [1.165, 1.54) is 12.1 Å². The first-order valence-corrected chi connectivity index (χ1v) is 18.4. The first-order chi connectivity index (χ1) is 27.8. The van der Waals surface area contributed by atoms with Crippen molar-refractivity contribution in [1.82, 2.24) is 25.0 Å². The molecule has 57 heavy (non-hydrogen) atoms. The smallest absolute Gasteiger partial charge is 0.272 e. The van der Waals surface area contributed by atoms with Crippen molar-refractivity contribution < 1.29 is 23.9 Å². The van der Waals surface area contributed by atoms with Crippen LogP contribution in [0.5, 0.6) is 5.88 Å². The number of hydrogen-bond donors (Lipinski definition) is 3. The van der Waals surface area contributed by atoms with Crippen molar-refractivity contribution >= 4 is 50.6 Å². The summed E-state index contributed by atoms with van der Waals surface area (Å²) in [7, 11) is 0. The molecule has 0 atom stereocenters. The Bertz CT molecular complexity index is 2840. The number of halogens is 1. The number of benzene rings is 5. The van der Waals surface area contributed by atoms with E-state index in [1.807, 2.05) is 60.7 Å². The quantitative estimate of drug-likeness (QED) is 0.150. The lowest BCUT2D eigenvalue weighted by Gasteiger charge is -2.35. The minimum Gasteiger partial charge on any atom is -0.494 e. The molecule has 2 aliphatic rings. The topological polar surface area (TPSA) is 156 Å². The van der Waals surface area contributed by atoms with E-state index in [1.54, 1.807) is 52.3 Å². The number of H-pyrrole nitrogens is 2. The van der Waals surface area contributed by atoms with Crippen molar-refractivity contribution in [3.05, 3.63) is 171 Å². The molecule has 0 saturated carbocycles. The number of nitrogens with one attached hydrogen (secondary N) is 2. The summed E-state index contributed by atoms with van der Waals surface area (Å²) in [6.45, 7) is 1.20. The third-order valence-corrected chi connectivity index (χ3v) is 10.4. The minimum atomic E-state index is -0.632. The largest absolute Gasteiger partial charge is 0.494 e. The van der Waals surface area contributed by atoms with E-state index >= 15 is 4.39 Å². The number of amides is 2. The summed E-state index contributed by atoms with van der Waals surface area (Å²) in [4.78, 5) is 56.1. The van der Waals surface area contributed by atoms with Crippen molar-refractivity contribution in [2.75, 3.05) is 26.2 Å². The summed E-state index contributed by atoms with van der Waals surface area (Å²) in [5.74, 6) is -1.26. The van der Waals surface area contributed by atoms with Gasteiger partial charge in [0.1, 0.15) is 23.8 Å². The van der Waals surface area contributed by atoms with Crippen LogP contribution in [-0.4, -0.2) is 79.5 Å². The summed E-state index contributed by atoms with van der Waals surface area (Å²) in [5, 5.41) is 24.0. The van der Waals surface area contributed by atoms with E-state index in [-0.39, 0.29) is 42.6 Å². The minimum absolute atomic E-state index is 0.00462. The van der Waals surface area contributed by atoms with Crippen molar-refractivity contribution in [2.24, 2.45) is 10.1 Å². The summed E-state index contributed by atoms with van der Waals surface area (Å²) >= 11 is 0. The highest BCUT2D eigenvalue weighted by Crippen LogP contribution is 2.35. The fraction of sp³-hybridized carbons (Fsp3) is 0.136. The lowest BCUT2D eigenvalue weighted by atomic mass is 10.0. The van der Waals surface area contributed by atoms with E-state index < -0.39 is 11.7 Å². The number of aliphatic imine (C=N–C) groups is 1. The zero-order valence-electron chi connectivity index (χ0n) is 30.4. The molecule has 1 saturated heterocycles. The van der Waals surface area contributed by atoms with Gasteiger partial charge in [-0.2, -0.15) is 5.10 Å². The third-order valence-electron chi connectivity index (χ3n) is 10.4. The molecule has 0 bridgehead atoms. The van der Waals surface area contributed by atoms with Gasteiger partial charge in [-0.05, 0) is 53.6 Å². The number of hydrogen-bond acceptors (Lipinski definition) is 8. The number of aromatic hydroxyl groups is 1. The van der Waals surface area contributed by atoms with Crippen LogP contribution in [0.1, 0.15) is 48.7 Å². The number of oxime groups is 1. The summed E-state index contributed by atoms with van der Waals surface area (Å²) in [6.07, 6.45) is 0.292. The number of fused-ring (bicyclic) bond motifs is 3. The number of rotatable bonds is 8. The lowest BCUT2D eigenvalue weighted by Crippen LogP contribution is -2.50. The Hall–Kier alpha value is -7.41. The van der Waals surface area contributed by atoms with Crippen LogP contribution in [0, 0.1) is 5.82 Å². The highest BCUT2D eigenvalue weighted by atomic mass is 19.1. The molecule has 13 heteroatoms. The fourth-order valence-electron chi connectivity index (χ4n) is 7.43. The van der Waals surface area contributed by atoms with Crippen LogP contribution in [0.3, 0.4) is 0 Å². The van der Waals surface area contributed by atoms with E-state index in [0.717, 1.165) is 27.7 Å². The van der Waals surface area contributed by atoms with Crippen molar-refractivity contribution in [2.45, 2.75) is 13.0 Å². The van der Waals surface area contributed by atoms with Crippen LogP contribution in [0.15, 0.2) is 130 Å². The molecule has 0 spiro atoms. The maximum Gasteiger partial charge on any atom is 0.272 e. The first-order valence-electron chi connectivity index (χ1n) is 18.4. The van der Waals surface area contributed by atoms with Crippen LogP contribution in [0.4, 0.5) is 10.1 Å². The van der Waals surface area contributed by atoms with Gasteiger partial charge in [-0.3, -0.25) is 14.4 Å². The predicted molar refractivity (Wildman–Crippen MR) is 214 cm³/mol. The van der Waals surface area contributed by atoms with Gasteiger partial charge in [-0.15, -0.1) is 0 Å². The van der Waals surface area contributed by atoms with Crippen LogP contribution < -0.4 is 5.56 Å². The summed E-state index contributed by atoms with van der Waals surface area (Å²) < 4.78 is 15.0. The van der Waals surface area contributed by atoms with E-state index in [0.29, 0.717) is 64.1 Å². The molecule has 9 rings (SSSR count). The number of carbonyl (C=O) groups is 2. The number of para-hydroxylation sites is 2. The van der Waals surface area contributed by atoms with E-state index in [2.05, 4.69) is 20.3 Å². The average molecular weight is 760 g/mol. The van der Waals surface area contributed by atoms with Gasteiger partial charge in [0.05, 0.1) is 27.9 Å². The zero-order chi connectivity index (χ0) is 39.0. The Morgan fingerprint density at radius 1 is 0.789 bits per heavy atom. The van der Waals surface area contributed by atoms with Crippen LogP contribution >= 0.6 is 0 Å². The highest BCUT2D eigenvalue weighted by molar-refractivity contribution is 6.58. The molecule has 0 unspecified atom stereocenters. The number of piperazine rings is 1. The van der Waals surface area contributed by atoms with Gasteiger partial charge in [0.15, 0.2) is 5.88 Å². The average Bonchev–Trinajstić information content (AvgIpc) is 3.78. The number of aromatic amines is 2. The van der Waals surface area contributed by atoms with Gasteiger partial charge < -0.3 is 24.7 Å². The molecule has 12 nitrogen and oxygen atoms in total. The number of nitrogens with zero attached hydrogens (tertiary/aromatic N) is 5. The molecular formula is C44H34FN7O5. The first kappa shape index (κ1) is 35.3. The van der Waals surface area contributed by atoms with Gasteiger partial charge in [-0.25, -0.2) is 14.5 Å². The van der Waals surface area contributed by atoms with Gasteiger partial charge in [0, 0.05) is 60.0 Å². The zero-order valence-corrected chi connectivity index (χ0v) is 30.4. The SMILES string of the molecule is O=C(c1ccc(CO/N=C2/C(c3c(O)[nH]c4ccccc34)=Nc3ccccc32)cc1)N1CCN(C(=O)c2cc(Cc3n[nH]c(=O)c4ccccc34)ccc2F)CC1.